The predicted octanol–water partition coefficient (Wildman–Crippen LogP) is -2.17. The first kappa shape index (κ1) is 15.0. The molecular formula is C7H17N2O7P. The lowest BCUT2D eigenvalue weighted by atomic mass is 9.96. The van der Waals surface area contributed by atoms with Crippen molar-refractivity contribution in [2.45, 2.75) is 37.4 Å². The summed E-state index contributed by atoms with van der Waals surface area (Å²) in [7, 11) is -3.78. The molecular weight excluding hydrogens is 255 g/mol. The Morgan fingerprint density at radius 1 is 1.18 bits per heavy atom. The summed E-state index contributed by atoms with van der Waals surface area (Å²) in [5.41, 5.74) is 0. The smallest absolute Gasteiger partial charge is 0.365 e. The lowest BCUT2D eigenvalue weighted by molar-refractivity contribution is -0.211. The Morgan fingerprint density at radius 2 is 1.71 bits per heavy atom. The van der Waals surface area contributed by atoms with E-state index in [0.29, 0.717) is 0 Å². The molecule has 0 aromatic heterocycles. The highest BCUT2D eigenvalue weighted by molar-refractivity contribution is 7.53. The normalized spacial score (nSPS) is 39.3. The lowest BCUT2D eigenvalue weighted by Crippen LogP contribution is -2.57. The van der Waals surface area contributed by atoms with E-state index in [9.17, 15) is 19.9 Å². The molecule has 17 heavy (non-hydrogen) atoms. The zero-order chi connectivity index (χ0) is 13.2. The van der Waals surface area contributed by atoms with Crippen LogP contribution in [0.3, 0.4) is 0 Å². The third-order valence-electron chi connectivity index (χ3n) is 2.68. The van der Waals surface area contributed by atoms with E-state index in [1.165, 1.54) is 6.92 Å². The molecule has 1 saturated heterocycles. The molecule has 0 amide bonds. The molecule has 5 atom stereocenters. The van der Waals surface area contributed by atoms with Crippen LogP contribution in [0.5, 0.6) is 0 Å². The highest BCUT2D eigenvalue weighted by Gasteiger charge is 2.45. The van der Waals surface area contributed by atoms with Gasteiger partial charge in [-0.3, -0.25) is 4.57 Å². The summed E-state index contributed by atoms with van der Waals surface area (Å²) in [6.45, 7) is 1.49. The Morgan fingerprint density at radius 3 is 2.18 bits per heavy atom. The van der Waals surface area contributed by atoms with Crippen LogP contribution in [-0.4, -0.2) is 52.0 Å². The van der Waals surface area contributed by atoms with E-state index >= 15 is 0 Å². The maximum absolute atomic E-state index is 11.6. The first-order chi connectivity index (χ1) is 7.84. The van der Waals surface area contributed by atoms with E-state index < -0.39 is 44.3 Å². The fourth-order valence-corrected chi connectivity index (χ4v) is 2.58. The Kier molecular flexibility index (Phi) is 5.02. The van der Waals surface area contributed by atoms with Crippen LogP contribution in [0.2, 0.25) is 0 Å². The van der Waals surface area contributed by atoms with Crippen LogP contribution >= 0.6 is 7.60 Å². The second-order valence-electron chi connectivity index (χ2n) is 3.86. The van der Waals surface area contributed by atoms with Crippen LogP contribution < -0.4 is 11.8 Å². The van der Waals surface area contributed by atoms with E-state index in [1.54, 1.807) is 0 Å². The molecule has 102 valence electrons. The van der Waals surface area contributed by atoms with Gasteiger partial charge >= 0.3 is 7.60 Å². The molecule has 1 aliphatic rings. The predicted molar refractivity (Wildman–Crippen MR) is 55.4 cm³/mol. The van der Waals surface area contributed by atoms with E-state index in [-0.39, 0.29) is 0 Å². The zero-order valence-corrected chi connectivity index (χ0v) is 10.1. The Balaban J connectivity index is 2.75. The van der Waals surface area contributed by atoms with E-state index in [2.05, 4.69) is 9.25 Å². The topological polar surface area (TPSA) is 157 Å². The minimum atomic E-state index is -3.78. The summed E-state index contributed by atoms with van der Waals surface area (Å²) in [5.74, 6) is 9.52. The molecule has 1 aliphatic heterocycles. The van der Waals surface area contributed by atoms with Crippen LogP contribution in [0.4, 0.5) is 0 Å². The highest BCUT2D eigenvalue weighted by atomic mass is 31.2. The number of ether oxygens (including phenoxy) is 1. The summed E-state index contributed by atoms with van der Waals surface area (Å²) in [6, 6.07) is 0. The summed E-state index contributed by atoms with van der Waals surface area (Å²) in [6.07, 6.45) is -6.36. The SMILES string of the molecule is C[C@@H]1O[C@@H](CP(=O)(ON)ON)[C@H](O)[C@H](O)[C@H]1O. The van der Waals surface area contributed by atoms with Crippen molar-refractivity contribution in [1.82, 2.24) is 0 Å². The molecule has 0 aromatic carbocycles. The summed E-state index contributed by atoms with van der Waals surface area (Å²) in [5, 5.41) is 28.6. The molecule has 9 nitrogen and oxygen atoms in total. The fraction of sp³-hybridized carbons (Fsp3) is 1.00. The van der Waals surface area contributed by atoms with Gasteiger partial charge in [0.2, 0.25) is 0 Å². The van der Waals surface area contributed by atoms with Crippen molar-refractivity contribution in [3.8, 4) is 0 Å². The van der Waals surface area contributed by atoms with Gasteiger partial charge < -0.3 is 20.1 Å². The number of hydrogen-bond donors (Lipinski definition) is 5. The average molecular weight is 272 g/mol. The highest BCUT2D eigenvalue weighted by Crippen LogP contribution is 2.46. The standard InChI is InChI=1S/C7H17N2O7P/c1-3-5(10)7(12)6(11)4(14-3)2-17(13,15-8)16-9/h3-7,10-12H,2,8-9H2,1H3/t3-,4-,5-,6-,7+/m0/s1. The van der Waals surface area contributed by atoms with Gasteiger partial charge in [0.05, 0.1) is 18.4 Å². The molecule has 0 unspecified atom stereocenters. The van der Waals surface area contributed by atoms with Crippen molar-refractivity contribution >= 4 is 7.60 Å². The van der Waals surface area contributed by atoms with Gasteiger partial charge in [-0.05, 0) is 6.92 Å². The van der Waals surface area contributed by atoms with Gasteiger partial charge in [-0.15, -0.1) is 0 Å². The minimum Gasteiger partial charge on any atom is -0.388 e. The van der Waals surface area contributed by atoms with Crippen molar-refractivity contribution in [3.63, 3.8) is 0 Å². The molecule has 10 heteroatoms. The Hall–Kier alpha value is -0.0900. The van der Waals surface area contributed by atoms with E-state index in [0.717, 1.165) is 0 Å². The first-order valence-electron chi connectivity index (χ1n) is 4.90. The lowest BCUT2D eigenvalue weighted by Gasteiger charge is -2.39. The fourth-order valence-electron chi connectivity index (χ4n) is 1.62. The third-order valence-corrected chi connectivity index (χ3v) is 4.13. The average Bonchev–Trinajstić information content (AvgIpc) is 2.33. The first-order valence-corrected chi connectivity index (χ1v) is 6.63. The molecule has 1 heterocycles. The van der Waals surface area contributed by atoms with E-state index in [4.69, 9.17) is 16.5 Å². The van der Waals surface area contributed by atoms with Crippen LogP contribution in [0.25, 0.3) is 0 Å². The molecule has 0 aromatic rings. The van der Waals surface area contributed by atoms with Crippen LogP contribution in [0.15, 0.2) is 0 Å². The van der Waals surface area contributed by atoms with Crippen molar-refractivity contribution in [2.24, 2.45) is 11.8 Å². The maximum atomic E-state index is 11.6. The molecule has 0 bridgehead atoms. The minimum absolute atomic E-state index is 0.435. The zero-order valence-electron chi connectivity index (χ0n) is 9.17. The number of aliphatic hydroxyl groups is 3. The molecule has 0 aliphatic carbocycles. The summed E-state index contributed by atoms with van der Waals surface area (Å²) >= 11 is 0. The Bertz CT molecular complexity index is 296. The van der Waals surface area contributed by atoms with E-state index in [1.807, 2.05) is 0 Å². The van der Waals surface area contributed by atoms with Crippen molar-refractivity contribution in [2.75, 3.05) is 6.16 Å². The van der Waals surface area contributed by atoms with Gasteiger partial charge in [0.15, 0.2) is 0 Å². The number of hydrogen-bond acceptors (Lipinski definition) is 9. The summed E-state index contributed by atoms with van der Waals surface area (Å²) < 4.78 is 25.0. The maximum Gasteiger partial charge on any atom is 0.365 e. The third kappa shape index (κ3) is 3.22. The second kappa shape index (κ2) is 5.70. The quantitative estimate of drug-likeness (QED) is 0.283. The largest absolute Gasteiger partial charge is 0.388 e. The number of aliphatic hydroxyl groups excluding tert-OH is 3. The van der Waals surface area contributed by atoms with Gasteiger partial charge in [0, 0.05) is 0 Å². The van der Waals surface area contributed by atoms with Crippen LogP contribution in [0.1, 0.15) is 6.92 Å². The van der Waals surface area contributed by atoms with Gasteiger partial charge in [-0.2, -0.15) is 0 Å². The van der Waals surface area contributed by atoms with Crippen LogP contribution in [-0.2, 0) is 18.6 Å². The number of nitrogens with two attached hydrogens (primary N) is 2. The second-order valence-corrected chi connectivity index (χ2v) is 5.86. The molecule has 1 rings (SSSR count). The molecule has 7 N–H and O–H groups in total. The number of rotatable bonds is 4. The van der Waals surface area contributed by atoms with Gasteiger partial charge in [-0.25, -0.2) is 21.0 Å². The van der Waals surface area contributed by atoms with Gasteiger partial charge in [0.1, 0.15) is 18.3 Å². The van der Waals surface area contributed by atoms with Gasteiger partial charge in [0.25, 0.3) is 0 Å². The van der Waals surface area contributed by atoms with Crippen molar-refractivity contribution < 1.29 is 33.9 Å². The molecule has 0 radical (unpaired) electrons. The molecule has 0 saturated carbocycles. The monoisotopic (exact) mass is 272 g/mol. The summed E-state index contributed by atoms with van der Waals surface area (Å²) in [4.78, 5) is 0. The molecule has 0 spiro atoms. The van der Waals surface area contributed by atoms with Gasteiger partial charge in [-0.1, -0.05) is 0 Å². The van der Waals surface area contributed by atoms with Crippen molar-refractivity contribution in [3.05, 3.63) is 0 Å². The van der Waals surface area contributed by atoms with Crippen molar-refractivity contribution in [1.29, 1.82) is 0 Å². The molecule has 1 fully saturated rings. The van der Waals surface area contributed by atoms with Crippen LogP contribution in [0, 0.1) is 0 Å². The Labute approximate surface area is 97.7 Å².